The number of amides is 1. The van der Waals surface area contributed by atoms with Crippen LogP contribution in [0.4, 0.5) is 0 Å². The lowest BCUT2D eigenvalue weighted by molar-refractivity contribution is -0.128. The molecule has 1 fully saturated rings. The molecule has 0 spiro atoms. The summed E-state index contributed by atoms with van der Waals surface area (Å²) < 4.78 is 4.29. The minimum absolute atomic E-state index is 0.184. The van der Waals surface area contributed by atoms with Gasteiger partial charge in [-0.2, -0.15) is 0 Å². The SMILES string of the molecule is O=C1CCCN1Cc1nnsc1Cl. The van der Waals surface area contributed by atoms with Crippen molar-refractivity contribution in [3.8, 4) is 0 Å². The Morgan fingerprint density at radius 1 is 1.62 bits per heavy atom. The van der Waals surface area contributed by atoms with Crippen LogP contribution in [-0.4, -0.2) is 26.9 Å². The van der Waals surface area contributed by atoms with Crippen molar-refractivity contribution in [1.82, 2.24) is 14.5 Å². The summed E-state index contributed by atoms with van der Waals surface area (Å²) in [4.78, 5) is 13.0. The zero-order valence-electron chi connectivity index (χ0n) is 6.86. The molecule has 0 bridgehead atoms. The molecule has 1 amide bonds. The highest BCUT2D eigenvalue weighted by Gasteiger charge is 2.22. The van der Waals surface area contributed by atoms with Crippen LogP contribution >= 0.6 is 23.1 Å². The molecule has 1 aromatic heterocycles. The van der Waals surface area contributed by atoms with E-state index >= 15 is 0 Å². The lowest BCUT2D eigenvalue weighted by atomic mass is 10.4. The van der Waals surface area contributed by atoms with Gasteiger partial charge in [0.05, 0.1) is 6.54 Å². The predicted molar refractivity (Wildman–Crippen MR) is 49.6 cm³/mol. The maximum absolute atomic E-state index is 11.2. The standard InChI is InChI=1S/C7H8ClN3OS/c8-7-5(9-10-13-7)4-11-3-1-2-6(11)12/h1-4H2. The van der Waals surface area contributed by atoms with E-state index in [1.54, 1.807) is 4.90 Å². The van der Waals surface area contributed by atoms with Crippen LogP contribution in [0.15, 0.2) is 0 Å². The van der Waals surface area contributed by atoms with E-state index in [0.717, 1.165) is 24.5 Å². The van der Waals surface area contributed by atoms with E-state index in [2.05, 4.69) is 9.59 Å². The van der Waals surface area contributed by atoms with Gasteiger partial charge < -0.3 is 4.90 Å². The summed E-state index contributed by atoms with van der Waals surface area (Å²) >= 11 is 6.98. The summed E-state index contributed by atoms with van der Waals surface area (Å²) in [6, 6.07) is 0. The van der Waals surface area contributed by atoms with Crippen LogP contribution in [0.2, 0.25) is 4.34 Å². The molecular weight excluding hydrogens is 210 g/mol. The molecule has 1 aliphatic heterocycles. The van der Waals surface area contributed by atoms with Gasteiger partial charge in [0.1, 0.15) is 10.0 Å². The summed E-state index contributed by atoms with van der Waals surface area (Å²) in [5.41, 5.74) is 0.710. The zero-order valence-corrected chi connectivity index (χ0v) is 8.44. The smallest absolute Gasteiger partial charge is 0.222 e. The van der Waals surface area contributed by atoms with Crippen LogP contribution < -0.4 is 0 Å². The lowest BCUT2D eigenvalue weighted by Crippen LogP contribution is -2.24. The van der Waals surface area contributed by atoms with Crippen LogP contribution in [-0.2, 0) is 11.3 Å². The summed E-state index contributed by atoms with van der Waals surface area (Å²) in [6.45, 7) is 1.32. The van der Waals surface area contributed by atoms with Crippen molar-refractivity contribution < 1.29 is 4.79 Å². The Morgan fingerprint density at radius 2 is 2.46 bits per heavy atom. The maximum atomic E-state index is 11.2. The second kappa shape index (κ2) is 3.59. The van der Waals surface area contributed by atoms with Crippen molar-refractivity contribution in [3.05, 3.63) is 10.0 Å². The van der Waals surface area contributed by atoms with Gasteiger partial charge in [0.2, 0.25) is 5.91 Å². The first-order valence-corrected chi connectivity index (χ1v) is 5.17. The third kappa shape index (κ3) is 1.81. The maximum Gasteiger partial charge on any atom is 0.222 e. The number of rotatable bonds is 2. The Kier molecular flexibility index (Phi) is 2.46. The first-order chi connectivity index (χ1) is 6.27. The second-order valence-corrected chi connectivity index (χ2v) is 4.27. The van der Waals surface area contributed by atoms with E-state index in [9.17, 15) is 4.79 Å². The topological polar surface area (TPSA) is 46.1 Å². The molecule has 0 aromatic carbocycles. The molecule has 0 unspecified atom stereocenters. The molecule has 70 valence electrons. The van der Waals surface area contributed by atoms with E-state index in [-0.39, 0.29) is 5.91 Å². The van der Waals surface area contributed by atoms with Crippen LogP contribution in [0, 0.1) is 0 Å². The molecule has 0 atom stereocenters. The van der Waals surface area contributed by atoms with Crippen molar-refractivity contribution in [1.29, 1.82) is 0 Å². The van der Waals surface area contributed by atoms with Gasteiger partial charge >= 0.3 is 0 Å². The van der Waals surface area contributed by atoms with Gasteiger partial charge in [-0.1, -0.05) is 16.1 Å². The summed E-state index contributed by atoms with van der Waals surface area (Å²) in [7, 11) is 0. The summed E-state index contributed by atoms with van der Waals surface area (Å²) in [6.07, 6.45) is 1.59. The number of carbonyl (C=O) groups is 1. The van der Waals surface area contributed by atoms with Crippen LogP contribution in [0.5, 0.6) is 0 Å². The molecule has 2 rings (SSSR count). The number of halogens is 1. The fourth-order valence-electron chi connectivity index (χ4n) is 1.34. The van der Waals surface area contributed by atoms with Gasteiger partial charge in [0.25, 0.3) is 0 Å². The van der Waals surface area contributed by atoms with Gasteiger partial charge in [-0.05, 0) is 6.42 Å². The Hall–Kier alpha value is -0.680. The van der Waals surface area contributed by atoms with Crippen molar-refractivity contribution in [2.45, 2.75) is 19.4 Å². The van der Waals surface area contributed by atoms with E-state index in [0.29, 0.717) is 23.0 Å². The van der Waals surface area contributed by atoms with Crippen LogP contribution in [0.3, 0.4) is 0 Å². The predicted octanol–water partition coefficient (Wildman–Crippen LogP) is 1.31. The molecule has 2 heterocycles. The Balaban J connectivity index is 2.06. The minimum Gasteiger partial charge on any atom is -0.337 e. The van der Waals surface area contributed by atoms with Gasteiger partial charge in [-0.3, -0.25) is 4.79 Å². The molecule has 0 N–H and O–H groups in total. The Morgan fingerprint density at radius 3 is 3.00 bits per heavy atom. The van der Waals surface area contributed by atoms with E-state index in [1.165, 1.54) is 0 Å². The van der Waals surface area contributed by atoms with Gasteiger partial charge in [-0.25, -0.2) is 0 Å². The second-order valence-electron chi connectivity index (χ2n) is 2.91. The average molecular weight is 218 g/mol. The number of nitrogens with zero attached hydrogens (tertiary/aromatic N) is 3. The minimum atomic E-state index is 0.184. The Bertz CT molecular complexity index is 327. The monoisotopic (exact) mass is 217 g/mol. The van der Waals surface area contributed by atoms with Gasteiger partial charge in [-0.15, -0.1) is 5.10 Å². The van der Waals surface area contributed by atoms with Crippen molar-refractivity contribution in [3.63, 3.8) is 0 Å². The number of hydrogen-bond donors (Lipinski definition) is 0. The first kappa shape index (κ1) is 8.90. The summed E-state index contributed by atoms with van der Waals surface area (Å²) in [5.74, 6) is 0.184. The van der Waals surface area contributed by atoms with Crippen LogP contribution in [0.1, 0.15) is 18.5 Å². The van der Waals surface area contributed by atoms with E-state index in [1.807, 2.05) is 0 Å². The largest absolute Gasteiger partial charge is 0.337 e. The average Bonchev–Trinajstić information content (AvgIpc) is 2.65. The van der Waals surface area contributed by atoms with Gasteiger partial charge in [0, 0.05) is 24.5 Å². The molecular formula is C7H8ClN3OS. The van der Waals surface area contributed by atoms with Crippen LogP contribution in [0.25, 0.3) is 0 Å². The zero-order chi connectivity index (χ0) is 9.26. The molecule has 0 aliphatic carbocycles. The van der Waals surface area contributed by atoms with Crippen molar-refractivity contribution in [2.75, 3.05) is 6.54 Å². The fourth-order valence-corrected chi connectivity index (χ4v) is 1.96. The third-order valence-electron chi connectivity index (χ3n) is 2.02. The molecule has 1 aliphatic rings. The highest BCUT2D eigenvalue weighted by Crippen LogP contribution is 2.21. The highest BCUT2D eigenvalue weighted by molar-refractivity contribution is 7.10. The van der Waals surface area contributed by atoms with E-state index < -0.39 is 0 Å². The number of hydrogen-bond acceptors (Lipinski definition) is 4. The molecule has 1 aromatic rings. The van der Waals surface area contributed by atoms with Crippen molar-refractivity contribution in [2.24, 2.45) is 0 Å². The van der Waals surface area contributed by atoms with Crippen molar-refractivity contribution >= 4 is 29.0 Å². The molecule has 6 heteroatoms. The highest BCUT2D eigenvalue weighted by atomic mass is 35.5. The third-order valence-corrected chi connectivity index (χ3v) is 3.01. The number of likely N-dealkylation sites (tertiary alicyclic amines) is 1. The normalized spacial score (nSPS) is 17.0. The molecule has 1 saturated heterocycles. The Labute approximate surface area is 84.7 Å². The van der Waals surface area contributed by atoms with E-state index in [4.69, 9.17) is 11.6 Å². The van der Waals surface area contributed by atoms with Gasteiger partial charge in [0.15, 0.2) is 0 Å². The lowest BCUT2D eigenvalue weighted by Gasteiger charge is -2.12. The first-order valence-electron chi connectivity index (χ1n) is 4.02. The molecule has 0 saturated carbocycles. The number of aromatic nitrogens is 2. The fraction of sp³-hybridized carbons (Fsp3) is 0.571. The molecule has 4 nitrogen and oxygen atoms in total. The quantitative estimate of drug-likeness (QED) is 0.751. The summed E-state index contributed by atoms with van der Waals surface area (Å²) in [5, 5.41) is 3.86. The molecule has 13 heavy (non-hydrogen) atoms. The molecule has 0 radical (unpaired) electrons. The number of carbonyl (C=O) groups excluding carboxylic acids is 1.